The normalized spacial score (nSPS) is 11.6. The molecular weight excluding hydrogens is 178 g/mol. The lowest BCUT2D eigenvalue weighted by Crippen LogP contribution is -1.98. The van der Waals surface area contributed by atoms with Gasteiger partial charge in [-0.25, -0.2) is 4.98 Å². The molecule has 1 aromatic heterocycles. The molecule has 1 unspecified atom stereocenters. The molecule has 0 saturated carbocycles. The zero-order valence-electron chi connectivity index (χ0n) is 8.57. The Hall–Kier alpha value is -1.69. The summed E-state index contributed by atoms with van der Waals surface area (Å²) in [4.78, 5) is 4.03. The average Bonchev–Trinajstić information content (AvgIpc) is 2.27. The van der Waals surface area contributed by atoms with Crippen molar-refractivity contribution in [2.45, 2.75) is 12.8 Å². The van der Waals surface area contributed by atoms with Gasteiger partial charge in [0.1, 0.15) is 5.75 Å². The third-order valence-electron chi connectivity index (χ3n) is 2.02. The van der Waals surface area contributed by atoms with E-state index in [0.29, 0.717) is 11.6 Å². The van der Waals surface area contributed by atoms with Crippen molar-refractivity contribution in [2.75, 3.05) is 14.2 Å². The minimum Gasteiger partial charge on any atom is -0.495 e. The van der Waals surface area contributed by atoms with Gasteiger partial charge >= 0.3 is 0 Å². The van der Waals surface area contributed by atoms with Crippen LogP contribution in [-0.4, -0.2) is 19.2 Å². The summed E-state index contributed by atoms with van der Waals surface area (Å²) >= 11 is 0. The van der Waals surface area contributed by atoms with E-state index in [1.165, 1.54) is 0 Å². The first-order chi connectivity index (χ1) is 6.72. The average molecular weight is 191 g/mol. The maximum atomic E-state index is 5.35. The molecule has 3 heteroatoms. The summed E-state index contributed by atoms with van der Waals surface area (Å²) in [5, 5.41) is 0. The highest BCUT2D eigenvalue weighted by atomic mass is 16.5. The van der Waals surface area contributed by atoms with Crippen LogP contribution >= 0.6 is 0 Å². The Morgan fingerprint density at radius 2 is 2.14 bits per heavy atom. The van der Waals surface area contributed by atoms with Crippen LogP contribution in [0.25, 0.3) is 0 Å². The lowest BCUT2D eigenvalue weighted by molar-refractivity contribution is 0.383. The second-order valence-electron chi connectivity index (χ2n) is 2.86. The molecular formula is C11H13NO2. The van der Waals surface area contributed by atoms with Gasteiger partial charge in [-0.3, -0.25) is 0 Å². The Labute approximate surface area is 84.1 Å². The van der Waals surface area contributed by atoms with Gasteiger partial charge in [0.15, 0.2) is 0 Å². The minimum absolute atomic E-state index is 0.0122. The molecule has 0 saturated heterocycles. The largest absolute Gasteiger partial charge is 0.495 e. The number of ether oxygens (including phenoxy) is 2. The van der Waals surface area contributed by atoms with Crippen molar-refractivity contribution in [3.05, 3.63) is 17.8 Å². The van der Waals surface area contributed by atoms with E-state index in [-0.39, 0.29) is 5.92 Å². The lowest BCUT2D eigenvalue weighted by atomic mass is 10.0. The molecule has 1 rings (SSSR count). The van der Waals surface area contributed by atoms with Crippen molar-refractivity contribution in [2.24, 2.45) is 0 Å². The zero-order valence-corrected chi connectivity index (χ0v) is 8.57. The van der Waals surface area contributed by atoms with E-state index < -0.39 is 0 Å². The fourth-order valence-corrected chi connectivity index (χ4v) is 1.15. The predicted octanol–water partition coefficient (Wildman–Crippen LogP) is 1.84. The van der Waals surface area contributed by atoms with Crippen LogP contribution in [0, 0.1) is 12.3 Å². The standard InChI is InChI=1S/C11H13NO2/c1-5-8(2)9-6-11(14-4)12-7-10(9)13-3/h1,6-8H,2-4H3. The van der Waals surface area contributed by atoms with Gasteiger partial charge in [-0.1, -0.05) is 5.92 Å². The summed E-state index contributed by atoms with van der Waals surface area (Å²) in [6.45, 7) is 1.93. The van der Waals surface area contributed by atoms with Crippen LogP contribution < -0.4 is 9.47 Å². The van der Waals surface area contributed by atoms with Crippen molar-refractivity contribution in [3.8, 4) is 24.0 Å². The van der Waals surface area contributed by atoms with Gasteiger partial charge in [0.2, 0.25) is 5.88 Å². The molecule has 0 spiro atoms. The van der Waals surface area contributed by atoms with E-state index in [9.17, 15) is 0 Å². The highest BCUT2D eigenvalue weighted by Gasteiger charge is 2.10. The fraction of sp³-hybridized carbons (Fsp3) is 0.364. The second kappa shape index (κ2) is 4.52. The number of pyridine rings is 1. The molecule has 1 heterocycles. The van der Waals surface area contributed by atoms with Gasteiger partial charge in [-0.2, -0.15) is 0 Å². The molecule has 0 aromatic carbocycles. The number of terminal acetylenes is 1. The predicted molar refractivity (Wildman–Crippen MR) is 54.6 cm³/mol. The molecule has 14 heavy (non-hydrogen) atoms. The third-order valence-corrected chi connectivity index (χ3v) is 2.02. The Morgan fingerprint density at radius 1 is 1.43 bits per heavy atom. The molecule has 0 aliphatic heterocycles. The highest BCUT2D eigenvalue weighted by Crippen LogP contribution is 2.27. The summed E-state index contributed by atoms with van der Waals surface area (Å²) in [5.41, 5.74) is 0.918. The van der Waals surface area contributed by atoms with Crippen LogP contribution in [0.1, 0.15) is 18.4 Å². The number of hydrogen-bond donors (Lipinski definition) is 0. The summed E-state index contributed by atoms with van der Waals surface area (Å²) < 4.78 is 10.2. The number of nitrogens with zero attached hydrogens (tertiary/aromatic N) is 1. The monoisotopic (exact) mass is 191 g/mol. The van der Waals surface area contributed by atoms with E-state index in [1.54, 1.807) is 26.5 Å². The van der Waals surface area contributed by atoms with Gasteiger partial charge in [0, 0.05) is 17.5 Å². The fourth-order valence-electron chi connectivity index (χ4n) is 1.15. The molecule has 0 aliphatic rings. The van der Waals surface area contributed by atoms with E-state index in [1.807, 2.05) is 6.92 Å². The van der Waals surface area contributed by atoms with Crippen LogP contribution in [0.15, 0.2) is 12.3 Å². The number of rotatable bonds is 3. The van der Waals surface area contributed by atoms with Crippen LogP contribution in [0.2, 0.25) is 0 Å². The molecule has 0 N–H and O–H groups in total. The van der Waals surface area contributed by atoms with Crippen molar-refractivity contribution in [3.63, 3.8) is 0 Å². The second-order valence-corrected chi connectivity index (χ2v) is 2.86. The first kappa shape index (κ1) is 10.4. The van der Waals surface area contributed by atoms with Gasteiger partial charge in [-0.15, -0.1) is 6.42 Å². The van der Waals surface area contributed by atoms with E-state index in [4.69, 9.17) is 15.9 Å². The van der Waals surface area contributed by atoms with Crippen LogP contribution in [0.4, 0.5) is 0 Å². The smallest absolute Gasteiger partial charge is 0.213 e. The lowest BCUT2D eigenvalue weighted by Gasteiger charge is -2.11. The topological polar surface area (TPSA) is 31.4 Å². The molecule has 0 bridgehead atoms. The van der Waals surface area contributed by atoms with Crippen molar-refractivity contribution in [1.82, 2.24) is 4.98 Å². The van der Waals surface area contributed by atoms with Crippen LogP contribution in [0.5, 0.6) is 11.6 Å². The SMILES string of the molecule is C#CC(C)c1cc(OC)ncc1OC. The van der Waals surface area contributed by atoms with Crippen molar-refractivity contribution < 1.29 is 9.47 Å². The van der Waals surface area contributed by atoms with E-state index >= 15 is 0 Å². The summed E-state index contributed by atoms with van der Waals surface area (Å²) in [6, 6.07) is 1.80. The molecule has 0 fully saturated rings. The zero-order chi connectivity index (χ0) is 10.6. The van der Waals surface area contributed by atoms with Crippen molar-refractivity contribution in [1.29, 1.82) is 0 Å². The maximum Gasteiger partial charge on any atom is 0.213 e. The maximum absolute atomic E-state index is 5.35. The third kappa shape index (κ3) is 1.97. The Balaban J connectivity index is 3.16. The summed E-state index contributed by atoms with van der Waals surface area (Å²) in [5.74, 6) is 3.87. The van der Waals surface area contributed by atoms with E-state index in [2.05, 4.69) is 10.9 Å². The first-order valence-corrected chi connectivity index (χ1v) is 4.27. The van der Waals surface area contributed by atoms with Gasteiger partial charge in [0.25, 0.3) is 0 Å². The van der Waals surface area contributed by atoms with Crippen LogP contribution in [0.3, 0.4) is 0 Å². The highest BCUT2D eigenvalue weighted by molar-refractivity contribution is 5.40. The molecule has 0 radical (unpaired) electrons. The molecule has 0 aliphatic carbocycles. The molecule has 74 valence electrons. The molecule has 3 nitrogen and oxygen atoms in total. The molecule has 1 aromatic rings. The molecule has 0 amide bonds. The Kier molecular flexibility index (Phi) is 3.35. The van der Waals surface area contributed by atoms with Gasteiger partial charge in [-0.05, 0) is 6.92 Å². The number of hydrogen-bond acceptors (Lipinski definition) is 3. The molecule has 1 atom stereocenters. The summed E-state index contributed by atoms with van der Waals surface area (Å²) in [6.07, 6.45) is 6.97. The van der Waals surface area contributed by atoms with Gasteiger partial charge in [0.05, 0.1) is 20.4 Å². The van der Waals surface area contributed by atoms with Crippen molar-refractivity contribution >= 4 is 0 Å². The number of aromatic nitrogens is 1. The first-order valence-electron chi connectivity index (χ1n) is 4.27. The minimum atomic E-state index is -0.0122. The van der Waals surface area contributed by atoms with Gasteiger partial charge < -0.3 is 9.47 Å². The Morgan fingerprint density at radius 3 is 2.64 bits per heavy atom. The quantitative estimate of drug-likeness (QED) is 0.683. The summed E-state index contributed by atoms with van der Waals surface area (Å²) in [7, 11) is 3.16. The van der Waals surface area contributed by atoms with Crippen LogP contribution in [-0.2, 0) is 0 Å². The van der Waals surface area contributed by atoms with E-state index in [0.717, 1.165) is 5.56 Å². The Bertz CT molecular complexity index is 355. The number of methoxy groups -OCH3 is 2.